The topological polar surface area (TPSA) is 65.5 Å². The van der Waals surface area contributed by atoms with Crippen LogP contribution in [0.3, 0.4) is 0 Å². The highest BCUT2D eigenvalue weighted by molar-refractivity contribution is 7.99. The van der Waals surface area contributed by atoms with Gasteiger partial charge in [-0.2, -0.15) is 5.26 Å². The van der Waals surface area contributed by atoms with Crippen LogP contribution in [0.25, 0.3) is 5.69 Å². The zero-order valence-corrected chi connectivity index (χ0v) is 12.2. The van der Waals surface area contributed by atoms with Crippen molar-refractivity contribution >= 4 is 23.5 Å². The van der Waals surface area contributed by atoms with Gasteiger partial charge in [-0.3, -0.25) is 9.98 Å². The Balaban J connectivity index is 2.81. The third-order valence-corrected chi connectivity index (χ3v) is 3.89. The molecule has 0 aliphatic carbocycles. The van der Waals surface area contributed by atoms with Crippen molar-refractivity contribution in [2.75, 3.05) is 12.5 Å². The first-order valence-corrected chi connectivity index (χ1v) is 7.93. The van der Waals surface area contributed by atoms with E-state index in [0.717, 1.165) is 5.69 Å². The van der Waals surface area contributed by atoms with E-state index in [0.29, 0.717) is 15.7 Å². The molecule has 2 aromatic rings. The van der Waals surface area contributed by atoms with Crippen LogP contribution in [-0.2, 0) is 0 Å². The number of hydrogen-bond acceptors (Lipinski definition) is 5. The van der Waals surface area contributed by atoms with Gasteiger partial charge < -0.3 is 0 Å². The number of thioether (sulfide) groups is 2. The van der Waals surface area contributed by atoms with E-state index in [1.165, 1.54) is 23.5 Å². The molecule has 0 atom stereocenters. The van der Waals surface area contributed by atoms with E-state index in [9.17, 15) is 5.26 Å². The lowest BCUT2D eigenvalue weighted by Gasteiger charge is -2.13. The average Bonchev–Trinajstić information content (AvgIpc) is 2.46. The predicted molar refractivity (Wildman–Crippen MR) is 77.7 cm³/mol. The summed E-state index contributed by atoms with van der Waals surface area (Å²) in [5.74, 6) is 0. The summed E-state index contributed by atoms with van der Waals surface area (Å²) >= 11 is 2.85. The van der Waals surface area contributed by atoms with E-state index in [-0.39, 0.29) is 5.49 Å². The highest BCUT2D eigenvalue weighted by Crippen LogP contribution is 2.21. The third kappa shape index (κ3) is 2.53. The number of nitrogens with one attached hydrogen (secondary N) is 1. The fourth-order valence-corrected chi connectivity index (χ4v) is 2.85. The smallest absolute Gasteiger partial charge is 0.175 e. The number of para-hydroxylation sites is 1. The normalized spacial score (nSPS) is 10.2. The molecule has 2 rings (SSSR count). The van der Waals surface area contributed by atoms with Crippen molar-refractivity contribution < 1.29 is 0 Å². The van der Waals surface area contributed by atoms with Gasteiger partial charge in [-0.15, -0.1) is 11.8 Å². The molecule has 0 saturated carbocycles. The first-order chi connectivity index (χ1) is 9.22. The average molecular weight is 288 g/mol. The molecule has 0 aliphatic heterocycles. The Kier molecular flexibility index (Phi) is 4.30. The van der Waals surface area contributed by atoms with E-state index < -0.39 is 0 Å². The van der Waals surface area contributed by atoms with Crippen molar-refractivity contribution in [1.82, 2.24) is 9.55 Å². The van der Waals surface area contributed by atoms with Crippen molar-refractivity contribution in [2.45, 2.75) is 10.2 Å². The molecule has 0 aliphatic rings. The molecular formula is C13H12N4S2. The maximum Gasteiger partial charge on any atom is 0.175 e. The second-order valence-electron chi connectivity index (χ2n) is 3.61. The van der Waals surface area contributed by atoms with Crippen LogP contribution in [0.15, 0.2) is 40.5 Å². The van der Waals surface area contributed by atoms with Gasteiger partial charge in [0, 0.05) is 5.69 Å². The summed E-state index contributed by atoms with van der Waals surface area (Å²) in [7, 11) is 0. The third-order valence-electron chi connectivity index (χ3n) is 2.56. The molecule has 6 heteroatoms. The largest absolute Gasteiger partial charge is 0.283 e. The van der Waals surface area contributed by atoms with Crippen LogP contribution in [-0.4, -0.2) is 22.1 Å². The lowest BCUT2D eigenvalue weighted by Crippen LogP contribution is -2.25. The highest BCUT2D eigenvalue weighted by atomic mass is 32.2. The lowest BCUT2D eigenvalue weighted by atomic mass is 10.3. The summed E-state index contributed by atoms with van der Waals surface area (Å²) in [5.41, 5.74) is 1.33. The highest BCUT2D eigenvalue weighted by Gasteiger charge is 2.14. The van der Waals surface area contributed by atoms with E-state index in [1.54, 1.807) is 4.57 Å². The van der Waals surface area contributed by atoms with E-state index in [4.69, 9.17) is 5.41 Å². The SMILES string of the molecule is CSc1nc(SC)n(-c2ccccc2)c(=N)c1C#N. The minimum Gasteiger partial charge on any atom is -0.283 e. The number of nitriles is 1. The molecular weight excluding hydrogens is 276 g/mol. The quantitative estimate of drug-likeness (QED) is 0.536. The summed E-state index contributed by atoms with van der Waals surface area (Å²) < 4.78 is 1.70. The zero-order valence-electron chi connectivity index (χ0n) is 10.5. The summed E-state index contributed by atoms with van der Waals surface area (Å²) in [6.07, 6.45) is 3.77. The van der Waals surface area contributed by atoms with E-state index >= 15 is 0 Å². The van der Waals surface area contributed by atoms with Gasteiger partial charge in [-0.05, 0) is 24.6 Å². The van der Waals surface area contributed by atoms with Crippen LogP contribution in [0, 0.1) is 16.7 Å². The van der Waals surface area contributed by atoms with Gasteiger partial charge >= 0.3 is 0 Å². The molecule has 4 nitrogen and oxygen atoms in total. The van der Waals surface area contributed by atoms with Gasteiger partial charge in [-0.25, -0.2) is 4.98 Å². The molecule has 0 amide bonds. The van der Waals surface area contributed by atoms with Crippen molar-refractivity contribution in [1.29, 1.82) is 10.7 Å². The van der Waals surface area contributed by atoms with Crippen LogP contribution in [0.2, 0.25) is 0 Å². The first-order valence-electron chi connectivity index (χ1n) is 5.48. The van der Waals surface area contributed by atoms with Gasteiger partial charge in [0.1, 0.15) is 16.7 Å². The van der Waals surface area contributed by atoms with Crippen LogP contribution in [0.4, 0.5) is 0 Å². The zero-order chi connectivity index (χ0) is 13.8. The van der Waals surface area contributed by atoms with Crippen molar-refractivity contribution in [2.24, 2.45) is 0 Å². The summed E-state index contributed by atoms with van der Waals surface area (Å²) in [4.78, 5) is 4.46. The second-order valence-corrected chi connectivity index (χ2v) is 5.18. The van der Waals surface area contributed by atoms with Crippen molar-refractivity contribution in [3.63, 3.8) is 0 Å². The molecule has 1 aromatic carbocycles. The molecule has 0 unspecified atom stereocenters. The number of nitrogens with zero attached hydrogens (tertiary/aromatic N) is 3. The summed E-state index contributed by atoms with van der Waals surface area (Å²) in [5, 5.41) is 18.8. The van der Waals surface area contributed by atoms with E-state index in [1.807, 2.05) is 42.8 Å². The minimum atomic E-state index is 0.178. The monoisotopic (exact) mass is 288 g/mol. The Labute approximate surface area is 120 Å². The molecule has 0 radical (unpaired) electrons. The van der Waals surface area contributed by atoms with Gasteiger partial charge in [-0.1, -0.05) is 30.0 Å². The number of rotatable bonds is 3. The molecule has 1 N–H and O–H groups in total. The first kappa shape index (κ1) is 13.7. The van der Waals surface area contributed by atoms with Gasteiger partial charge in [0.25, 0.3) is 0 Å². The Bertz CT molecular complexity index is 686. The van der Waals surface area contributed by atoms with Gasteiger partial charge in [0.2, 0.25) is 0 Å². The minimum absolute atomic E-state index is 0.178. The van der Waals surface area contributed by atoms with Gasteiger partial charge in [0.05, 0.1) is 0 Å². The number of benzene rings is 1. The molecule has 1 aromatic heterocycles. The van der Waals surface area contributed by atoms with Crippen LogP contribution >= 0.6 is 23.5 Å². The fraction of sp³-hybridized carbons (Fsp3) is 0.154. The summed E-state index contributed by atoms with van der Waals surface area (Å²) in [6, 6.07) is 11.6. The number of hydrogen-bond donors (Lipinski definition) is 1. The van der Waals surface area contributed by atoms with Crippen LogP contribution in [0.1, 0.15) is 5.56 Å². The molecule has 0 bridgehead atoms. The molecule has 0 fully saturated rings. The number of aromatic nitrogens is 2. The van der Waals surface area contributed by atoms with Gasteiger partial charge in [0.15, 0.2) is 10.6 Å². The molecule has 1 heterocycles. The van der Waals surface area contributed by atoms with Crippen LogP contribution in [0.5, 0.6) is 0 Å². The molecule has 19 heavy (non-hydrogen) atoms. The van der Waals surface area contributed by atoms with E-state index in [2.05, 4.69) is 11.1 Å². The molecule has 0 spiro atoms. The van der Waals surface area contributed by atoms with Crippen molar-refractivity contribution in [3.05, 3.63) is 41.4 Å². The summed E-state index contributed by atoms with van der Waals surface area (Å²) in [6.45, 7) is 0. The Morgan fingerprint density at radius 1 is 1.21 bits per heavy atom. The Morgan fingerprint density at radius 2 is 1.89 bits per heavy atom. The standard InChI is InChI=1S/C13H12N4S2/c1-18-12-10(8-14)11(15)17(13(16-12)19-2)9-6-4-3-5-7-9/h3-7,15H,1-2H3. The Hall–Kier alpha value is -1.71. The second kappa shape index (κ2) is 5.95. The lowest BCUT2D eigenvalue weighted by molar-refractivity contribution is 0.725. The van der Waals surface area contributed by atoms with Crippen molar-refractivity contribution in [3.8, 4) is 11.8 Å². The maximum atomic E-state index is 9.22. The predicted octanol–water partition coefficient (Wildman–Crippen LogP) is 2.67. The molecule has 96 valence electrons. The Morgan fingerprint density at radius 3 is 2.42 bits per heavy atom. The van der Waals surface area contributed by atoms with Crippen LogP contribution < -0.4 is 5.49 Å². The molecule has 0 saturated heterocycles. The fourth-order valence-electron chi connectivity index (χ4n) is 1.70. The maximum absolute atomic E-state index is 9.22.